The molecule has 2 heteroatoms. The molecule has 0 bridgehead atoms. The van der Waals surface area contributed by atoms with Crippen molar-refractivity contribution in [3.63, 3.8) is 0 Å². The molecule has 2 atom stereocenters. The van der Waals surface area contributed by atoms with Crippen LogP contribution in [0.3, 0.4) is 0 Å². The summed E-state index contributed by atoms with van der Waals surface area (Å²) in [7, 11) is 0. The van der Waals surface area contributed by atoms with E-state index in [2.05, 4.69) is 42.2 Å². The SMILES string of the molecule is Cc1ccccc1CCC(O)C1CCCc2cccnc21. The molecular weight excluding hydrogens is 258 g/mol. The summed E-state index contributed by atoms with van der Waals surface area (Å²) in [6.07, 6.45) is 6.62. The zero-order chi connectivity index (χ0) is 14.7. The third kappa shape index (κ3) is 3.16. The molecule has 1 aliphatic rings. The summed E-state index contributed by atoms with van der Waals surface area (Å²) in [6.45, 7) is 2.14. The van der Waals surface area contributed by atoms with E-state index in [-0.39, 0.29) is 12.0 Å². The monoisotopic (exact) mass is 281 g/mol. The van der Waals surface area contributed by atoms with Crippen LogP contribution in [0.1, 0.15) is 47.6 Å². The highest BCUT2D eigenvalue weighted by molar-refractivity contribution is 5.28. The highest BCUT2D eigenvalue weighted by atomic mass is 16.3. The van der Waals surface area contributed by atoms with Crippen LogP contribution >= 0.6 is 0 Å². The third-order valence-electron chi connectivity index (χ3n) is 4.67. The van der Waals surface area contributed by atoms with Gasteiger partial charge in [-0.1, -0.05) is 30.3 Å². The molecule has 2 aromatic rings. The fourth-order valence-electron chi connectivity index (χ4n) is 3.42. The molecule has 2 unspecified atom stereocenters. The van der Waals surface area contributed by atoms with E-state index < -0.39 is 0 Å². The van der Waals surface area contributed by atoms with Gasteiger partial charge in [-0.2, -0.15) is 0 Å². The van der Waals surface area contributed by atoms with Crippen molar-refractivity contribution in [2.24, 2.45) is 0 Å². The third-order valence-corrected chi connectivity index (χ3v) is 4.67. The van der Waals surface area contributed by atoms with Crippen molar-refractivity contribution in [3.05, 3.63) is 65.0 Å². The van der Waals surface area contributed by atoms with E-state index in [9.17, 15) is 5.11 Å². The predicted molar refractivity (Wildman–Crippen MR) is 85.4 cm³/mol. The Morgan fingerprint density at radius 3 is 2.95 bits per heavy atom. The number of hydrogen-bond acceptors (Lipinski definition) is 2. The van der Waals surface area contributed by atoms with Crippen LogP contribution in [0.15, 0.2) is 42.6 Å². The first-order valence-electron chi connectivity index (χ1n) is 7.92. The number of fused-ring (bicyclic) bond motifs is 1. The van der Waals surface area contributed by atoms with E-state index in [0.717, 1.165) is 37.8 Å². The number of aliphatic hydroxyl groups excluding tert-OH is 1. The fourth-order valence-corrected chi connectivity index (χ4v) is 3.42. The number of aromatic nitrogens is 1. The highest BCUT2D eigenvalue weighted by Crippen LogP contribution is 2.33. The molecule has 1 aromatic carbocycles. The van der Waals surface area contributed by atoms with Crippen molar-refractivity contribution < 1.29 is 5.11 Å². The lowest BCUT2D eigenvalue weighted by Crippen LogP contribution is -2.24. The zero-order valence-electron chi connectivity index (χ0n) is 12.6. The molecule has 0 saturated heterocycles. The van der Waals surface area contributed by atoms with Crippen molar-refractivity contribution in [3.8, 4) is 0 Å². The first-order chi connectivity index (χ1) is 10.3. The van der Waals surface area contributed by atoms with Crippen LogP contribution in [0, 0.1) is 6.92 Å². The summed E-state index contributed by atoms with van der Waals surface area (Å²) in [5, 5.41) is 10.6. The molecule has 1 aliphatic carbocycles. The van der Waals surface area contributed by atoms with Crippen molar-refractivity contribution >= 4 is 0 Å². The van der Waals surface area contributed by atoms with Crippen LogP contribution in [0.2, 0.25) is 0 Å². The Balaban J connectivity index is 1.69. The van der Waals surface area contributed by atoms with Crippen molar-refractivity contribution in [1.29, 1.82) is 0 Å². The lowest BCUT2D eigenvalue weighted by Gasteiger charge is -2.28. The van der Waals surface area contributed by atoms with Gasteiger partial charge < -0.3 is 5.11 Å². The van der Waals surface area contributed by atoms with Crippen molar-refractivity contribution in [1.82, 2.24) is 4.98 Å². The van der Waals surface area contributed by atoms with E-state index in [1.54, 1.807) is 0 Å². The molecule has 1 aromatic heterocycles. The molecule has 1 N–H and O–H groups in total. The maximum absolute atomic E-state index is 10.6. The van der Waals surface area contributed by atoms with Gasteiger partial charge in [0.2, 0.25) is 0 Å². The number of aliphatic hydroxyl groups is 1. The topological polar surface area (TPSA) is 33.1 Å². The number of hydrogen-bond donors (Lipinski definition) is 1. The molecule has 2 nitrogen and oxygen atoms in total. The van der Waals surface area contributed by atoms with Gasteiger partial charge in [-0.3, -0.25) is 4.98 Å². The van der Waals surface area contributed by atoms with Gasteiger partial charge in [0.25, 0.3) is 0 Å². The maximum Gasteiger partial charge on any atom is 0.0627 e. The molecule has 0 aliphatic heterocycles. The molecule has 1 heterocycles. The Morgan fingerprint density at radius 2 is 2.10 bits per heavy atom. The largest absolute Gasteiger partial charge is 0.392 e. The second-order valence-electron chi connectivity index (χ2n) is 6.08. The summed E-state index contributed by atoms with van der Waals surface area (Å²) in [5.74, 6) is 0.207. The average molecular weight is 281 g/mol. The quantitative estimate of drug-likeness (QED) is 0.924. The molecule has 0 saturated carbocycles. The summed E-state index contributed by atoms with van der Waals surface area (Å²) in [6, 6.07) is 12.6. The Labute approximate surface area is 126 Å². The minimum absolute atomic E-state index is 0.207. The number of pyridine rings is 1. The molecule has 0 spiro atoms. The molecule has 0 radical (unpaired) electrons. The number of nitrogens with zero attached hydrogens (tertiary/aromatic N) is 1. The number of rotatable bonds is 4. The summed E-state index contributed by atoms with van der Waals surface area (Å²) in [5.41, 5.74) is 5.10. The van der Waals surface area contributed by atoms with Gasteiger partial charge in [0, 0.05) is 17.8 Å². The van der Waals surface area contributed by atoms with Crippen LogP contribution in [0.25, 0.3) is 0 Å². The second kappa shape index (κ2) is 6.40. The first kappa shape index (κ1) is 14.3. The minimum Gasteiger partial charge on any atom is -0.392 e. The smallest absolute Gasteiger partial charge is 0.0627 e. The number of benzene rings is 1. The summed E-state index contributed by atoms with van der Waals surface area (Å²) >= 11 is 0. The Hall–Kier alpha value is -1.67. The molecular formula is C19H23NO. The van der Waals surface area contributed by atoms with Crippen LogP contribution < -0.4 is 0 Å². The van der Waals surface area contributed by atoms with Gasteiger partial charge >= 0.3 is 0 Å². The molecule has 3 rings (SSSR count). The van der Waals surface area contributed by atoms with E-state index in [1.165, 1.54) is 16.7 Å². The Kier molecular flexibility index (Phi) is 4.35. The highest BCUT2D eigenvalue weighted by Gasteiger charge is 2.27. The van der Waals surface area contributed by atoms with Gasteiger partial charge in [0.15, 0.2) is 0 Å². The first-order valence-corrected chi connectivity index (χ1v) is 7.92. The minimum atomic E-state index is -0.293. The van der Waals surface area contributed by atoms with Crippen LogP contribution in [0.4, 0.5) is 0 Å². The summed E-state index contributed by atoms with van der Waals surface area (Å²) < 4.78 is 0. The van der Waals surface area contributed by atoms with Gasteiger partial charge in [-0.15, -0.1) is 0 Å². The molecule has 0 amide bonds. The average Bonchev–Trinajstić information content (AvgIpc) is 2.53. The van der Waals surface area contributed by atoms with Gasteiger partial charge in [-0.05, 0) is 61.8 Å². The van der Waals surface area contributed by atoms with Crippen LogP contribution in [-0.4, -0.2) is 16.2 Å². The van der Waals surface area contributed by atoms with Crippen molar-refractivity contribution in [2.75, 3.05) is 0 Å². The standard InChI is InChI=1S/C19H23NO/c1-14-6-2-3-7-15(14)11-12-18(21)17-10-4-8-16-9-5-13-20-19(16)17/h2-3,5-7,9,13,17-18,21H,4,8,10-12H2,1H3. The Bertz CT molecular complexity index is 608. The lowest BCUT2D eigenvalue weighted by atomic mass is 9.81. The number of aryl methyl sites for hydroxylation is 3. The zero-order valence-corrected chi connectivity index (χ0v) is 12.6. The fraction of sp³-hybridized carbons (Fsp3) is 0.421. The van der Waals surface area contributed by atoms with Gasteiger partial charge in [0.05, 0.1) is 6.10 Å². The lowest BCUT2D eigenvalue weighted by molar-refractivity contribution is 0.123. The Morgan fingerprint density at radius 1 is 1.24 bits per heavy atom. The maximum atomic E-state index is 10.6. The van der Waals surface area contributed by atoms with E-state index in [0.29, 0.717) is 0 Å². The summed E-state index contributed by atoms with van der Waals surface area (Å²) in [4.78, 5) is 4.53. The second-order valence-corrected chi connectivity index (χ2v) is 6.08. The van der Waals surface area contributed by atoms with E-state index in [4.69, 9.17) is 0 Å². The van der Waals surface area contributed by atoms with Crippen molar-refractivity contribution in [2.45, 2.75) is 51.0 Å². The normalized spacial score (nSPS) is 19.0. The molecule has 21 heavy (non-hydrogen) atoms. The van der Waals surface area contributed by atoms with E-state index in [1.807, 2.05) is 12.3 Å². The van der Waals surface area contributed by atoms with E-state index >= 15 is 0 Å². The van der Waals surface area contributed by atoms with Crippen LogP contribution in [-0.2, 0) is 12.8 Å². The predicted octanol–water partition coefficient (Wildman–Crippen LogP) is 3.80. The van der Waals surface area contributed by atoms with Gasteiger partial charge in [0.1, 0.15) is 0 Å². The molecule has 0 fully saturated rings. The van der Waals surface area contributed by atoms with Gasteiger partial charge in [-0.25, -0.2) is 0 Å². The molecule has 110 valence electrons. The van der Waals surface area contributed by atoms with Crippen LogP contribution in [0.5, 0.6) is 0 Å².